The average Bonchev–Trinajstić information content (AvgIpc) is 2.42. The molecule has 4 nitrogen and oxygen atoms in total. The van der Waals surface area contributed by atoms with E-state index < -0.39 is 0 Å². The molecule has 0 amide bonds. The molecule has 0 radical (unpaired) electrons. The summed E-state index contributed by atoms with van der Waals surface area (Å²) in [6.07, 6.45) is 1.71. The van der Waals surface area contributed by atoms with Crippen molar-refractivity contribution in [1.29, 1.82) is 0 Å². The Morgan fingerprint density at radius 1 is 1.21 bits per heavy atom. The standard InChI is InChI=1S/C14H15N3OS/c1-10-6-7-11(12(9-10)18-2)16-14(19)17-13-5-3-4-8-15-13/h3-9H,1-2H3,(H2,15,16,17,19). The van der Waals surface area contributed by atoms with E-state index in [1.807, 2.05) is 43.3 Å². The summed E-state index contributed by atoms with van der Waals surface area (Å²) < 4.78 is 5.31. The molecule has 0 aliphatic heterocycles. The van der Waals surface area contributed by atoms with Gasteiger partial charge in [0.1, 0.15) is 11.6 Å². The number of benzene rings is 1. The Balaban J connectivity index is 2.07. The lowest BCUT2D eigenvalue weighted by Crippen LogP contribution is -2.20. The molecule has 2 aromatic rings. The second kappa shape index (κ2) is 6.15. The zero-order valence-electron chi connectivity index (χ0n) is 10.8. The van der Waals surface area contributed by atoms with Crippen LogP contribution >= 0.6 is 12.2 Å². The zero-order valence-corrected chi connectivity index (χ0v) is 11.6. The van der Waals surface area contributed by atoms with Gasteiger partial charge in [0.15, 0.2) is 5.11 Å². The molecule has 0 aliphatic carbocycles. The van der Waals surface area contributed by atoms with E-state index in [0.717, 1.165) is 17.0 Å². The summed E-state index contributed by atoms with van der Waals surface area (Å²) in [6.45, 7) is 2.01. The van der Waals surface area contributed by atoms with Gasteiger partial charge in [-0.05, 0) is 49.0 Å². The lowest BCUT2D eigenvalue weighted by atomic mass is 10.2. The third-order valence-corrected chi connectivity index (χ3v) is 2.72. The smallest absolute Gasteiger partial charge is 0.176 e. The largest absolute Gasteiger partial charge is 0.495 e. The van der Waals surface area contributed by atoms with Crippen molar-refractivity contribution in [3.63, 3.8) is 0 Å². The number of aromatic nitrogens is 1. The van der Waals surface area contributed by atoms with E-state index in [2.05, 4.69) is 15.6 Å². The molecule has 1 aromatic carbocycles. The lowest BCUT2D eigenvalue weighted by molar-refractivity contribution is 0.416. The zero-order chi connectivity index (χ0) is 13.7. The van der Waals surface area contributed by atoms with E-state index in [4.69, 9.17) is 17.0 Å². The van der Waals surface area contributed by atoms with Gasteiger partial charge < -0.3 is 15.4 Å². The number of pyridine rings is 1. The Morgan fingerprint density at radius 3 is 2.74 bits per heavy atom. The first kappa shape index (κ1) is 13.3. The Hall–Kier alpha value is -2.14. The van der Waals surface area contributed by atoms with Gasteiger partial charge in [-0.1, -0.05) is 12.1 Å². The summed E-state index contributed by atoms with van der Waals surface area (Å²) >= 11 is 5.24. The molecule has 0 unspecified atom stereocenters. The van der Waals surface area contributed by atoms with Crippen molar-refractivity contribution in [3.05, 3.63) is 48.2 Å². The third kappa shape index (κ3) is 3.66. The Labute approximate surface area is 117 Å². The van der Waals surface area contributed by atoms with Gasteiger partial charge >= 0.3 is 0 Å². The van der Waals surface area contributed by atoms with Gasteiger partial charge in [-0.3, -0.25) is 0 Å². The molecular weight excluding hydrogens is 258 g/mol. The van der Waals surface area contributed by atoms with Crippen LogP contribution in [0.2, 0.25) is 0 Å². The number of rotatable bonds is 3. The van der Waals surface area contributed by atoms with Crippen LogP contribution in [0.3, 0.4) is 0 Å². The summed E-state index contributed by atoms with van der Waals surface area (Å²) in [5.41, 5.74) is 1.95. The molecule has 0 saturated carbocycles. The second-order valence-corrected chi connectivity index (χ2v) is 4.41. The predicted octanol–water partition coefficient (Wildman–Crippen LogP) is 3.21. The number of nitrogens with one attached hydrogen (secondary N) is 2. The van der Waals surface area contributed by atoms with E-state index in [-0.39, 0.29) is 0 Å². The monoisotopic (exact) mass is 273 g/mol. The molecule has 2 rings (SSSR count). The van der Waals surface area contributed by atoms with Crippen LogP contribution in [0.1, 0.15) is 5.56 Å². The summed E-state index contributed by atoms with van der Waals surface area (Å²) in [6, 6.07) is 11.5. The number of ether oxygens (including phenoxy) is 1. The average molecular weight is 273 g/mol. The SMILES string of the molecule is COc1cc(C)ccc1NC(=S)Nc1ccccn1. The van der Waals surface area contributed by atoms with Crippen molar-refractivity contribution < 1.29 is 4.74 Å². The van der Waals surface area contributed by atoms with Crippen molar-refractivity contribution in [3.8, 4) is 5.75 Å². The van der Waals surface area contributed by atoms with Crippen molar-refractivity contribution in [2.24, 2.45) is 0 Å². The number of hydrogen-bond acceptors (Lipinski definition) is 3. The molecule has 1 aromatic heterocycles. The number of methoxy groups -OCH3 is 1. The molecule has 0 spiro atoms. The summed E-state index contributed by atoms with van der Waals surface area (Å²) in [7, 11) is 1.63. The Morgan fingerprint density at radius 2 is 2.05 bits per heavy atom. The molecule has 98 valence electrons. The summed E-state index contributed by atoms with van der Waals surface area (Å²) in [5.74, 6) is 1.45. The quantitative estimate of drug-likeness (QED) is 0.841. The molecule has 0 fully saturated rings. The van der Waals surface area contributed by atoms with Crippen LogP contribution in [0, 0.1) is 6.92 Å². The number of thiocarbonyl (C=S) groups is 1. The normalized spacial score (nSPS) is 9.79. The van der Waals surface area contributed by atoms with Gasteiger partial charge in [-0.25, -0.2) is 4.98 Å². The van der Waals surface area contributed by atoms with Gasteiger partial charge in [0, 0.05) is 6.20 Å². The molecule has 19 heavy (non-hydrogen) atoms. The van der Waals surface area contributed by atoms with E-state index in [1.54, 1.807) is 13.3 Å². The predicted molar refractivity (Wildman–Crippen MR) is 81.8 cm³/mol. The minimum absolute atomic E-state index is 0.473. The maximum absolute atomic E-state index is 5.31. The Bertz CT molecular complexity index is 572. The van der Waals surface area contributed by atoms with E-state index in [1.165, 1.54) is 0 Å². The van der Waals surface area contributed by atoms with Crippen molar-refractivity contribution in [2.45, 2.75) is 6.92 Å². The van der Waals surface area contributed by atoms with Crippen LogP contribution in [0.15, 0.2) is 42.6 Å². The van der Waals surface area contributed by atoms with E-state index in [9.17, 15) is 0 Å². The first-order valence-electron chi connectivity index (χ1n) is 5.83. The molecular formula is C14H15N3OS. The lowest BCUT2D eigenvalue weighted by Gasteiger charge is -2.13. The minimum Gasteiger partial charge on any atom is -0.495 e. The van der Waals surface area contributed by atoms with E-state index in [0.29, 0.717) is 10.9 Å². The first-order chi connectivity index (χ1) is 9.19. The molecule has 1 heterocycles. The highest BCUT2D eigenvalue weighted by Crippen LogP contribution is 2.25. The van der Waals surface area contributed by atoms with Crippen LogP contribution < -0.4 is 15.4 Å². The topological polar surface area (TPSA) is 46.2 Å². The summed E-state index contributed by atoms with van der Waals surface area (Å²) in [5, 5.41) is 6.58. The molecule has 5 heteroatoms. The number of nitrogens with zero attached hydrogens (tertiary/aromatic N) is 1. The molecule has 0 atom stereocenters. The van der Waals surface area contributed by atoms with Crippen molar-refractivity contribution >= 4 is 28.8 Å². The minimum atomic E-state index is 0.473. The highest BCUT2D eigenvalue weighted by atomic mass is 32.1. The van der Waals surface area contributed by atoms with Gasteiger partial charge in [0.25, 0.3) is 0 Å². The van der Waals surface area contributed by atoms with Crippen LogP contribution in [0.4, 0.5) is 11.5 Å². The fraction of sp³-hybridized carbons (Fsp3) is 0.143. The molecule has 0 aliphatic rings. The highest BCUT2D eigenvalue weighted by molar-refractivity contribution is 7.80. The van der Waals surface area contributed by atoms with Gasteiger partial charge in [0.2, 0.25) is 0 Å². The molecule has 0 bridgehead atoms. The van der Waals surface area contributed by atoms with Gasteiger partial charge in [0.05, 0.1) is 12.8 Å². The summed E-state index contributed by atoms with van der Waals surface area (Å²) in [4.78, 5) is 4.15. The number of hydrogen-bond donors (Lipinski definition) is 2. The maximum atomic E-state index is 5.31. The highest BCUT2D eigenvalue weighted by Gasteiger charge is 2.05. The van der Waals surface area contributed by atoms with Crippen LogP contribution in [0.5, 0.6) is 5.75 Å². The second-order valence-electron chi connectivity index (χ2n) is 4.00. The maximum Gasteiger partial charge on any atom is 0.176 e. The van der Waals surface area contributed by atoms with Gasteiger partial charge in [-0.15, -0.1) is 0 Å². The number of anilines is 2. The molecule has 2 N–H and O–H groups in total. The van der Waals surface area contributed by atoms with Crippen LogP contribution in [-0.2, 0) is 0 Å². The van der Waals surface area contributed by atoms with Crippen LogP contribution in [0.25, 0.3) is 0 Å². The Kier molecular flexibility index (Phi) is 4.30. The third-order valence-electron chi connectivity index (χ3n) is 2.51. The van der Waals surface area contributed by atoms with E-state index >= 15 is 0 Å². The molecule has 0 saturated heterocycles. The van der Waals surface area contributed by atoms with Crippen molar-refractivity contribution in [2.75, 3.05) is 17.7 Å². The fourth-order valence-electron chi connectivity index (χ4n) is 1.61. The number of aryl methyl sites for hydroxylation is 1. The van der Waals surface area contributed by atoms with Gasteiger partial charge in [-0.2, -0.15) is 0 Å². The van der Waals surface area contributed by atoms with Crippen LogP contribution in [-0.4, -0.2) is 17.2 Å². The fourth-order valence-corrected chi connectivity index (χ4v) is 1.82. The van der Waals surface area contributed by atoms with Crippen molar-refractivity contribution in [1.82, 2.24) is 4.98 Å². The first-order valence-corrected chi connectivity index (χ1v) is 6.23.